The minimum atomic E-state index is 0.952. The summed E-state index contributed by atoms with van der Waals surface area (Å²) in [6.07, 6.45) is 11.3. The molecule has 0 heterocycles. The van der Waals surface area contributed by atoms with Crippen molar-refractivity contribution < 1.29 is 0 Å². The van der Waals surface area contributed by atoms with E-state index < -0.39 is 0 Å². The van der Waals surface area contributed by atoms with Crippen molar-refractivity contribution in [1.29, 1.82) is 0 Å². The summed E-state index contributed by atoms with van der Waals surface area (Å²) in [5.41, 5.74) is 4.99. The molecule has 0 nitrogen and oxygen atoms in total. The fourth-order valence-corrected chi connectivity index (χ4v) is 5.37. The highest BCUT2D eigenvalue weighted by atomic mass is 32.2. The third-order valence-electron chi connectivity index (χ3n) is 5.37. The molecule has 0 amide bonds. The van der Waals surface area contributed by atoms with E-state index in [4.69, 9.17) is 0 Å². The average molecular weight is 289 g/mol. The molecule has 1 aromatic rings. The smallest absolute Gasteiger partial charge is 0.0139 e. The van der Waals surface area contributed by atoms with Crippen LogP contribution >= 0.6 is 11.8 Å². The lowest BCUT2D eigenvalue weighted by atomic mass is 9.79. The maximum Gasteiger partial charge on any atom is 0.0139 e. The van der Waals surface area contributed by atoms with E-state index in [-0.39, 0.29) is 0 Å². The van der Waals surface area contributed by atoms with Crippen molar-refractivity contribution in [3.63, 3.8) is 0 Å². The van der Waals surface area contributed by atoms with Gasteiger partial charge in [-0.15, -0.1) is 11.8 Å². The normalized spacial score (nSPS) is 23.0. The number of hydrogen-bond acceptors (Lipinski definition) is 1. The highest BCUT2D eigenvalue weighted by Gasteiger charge is 2.31. The second-order valence-electron chi connectivity index (χ2n) is 6.54. The van der Waals surface area contributed by atoms with Gasteiger partial charge in [0.1, 0.15) is 0 Å². The van der Waals surface area contributed by atoms with Gasteiger partial charge in [-0.3, -0.25) is 0 Å². The minimum absolute atomic E-state index is 0.952. The highest BCUT2D eigenvalue weighted by molar-refractivity contribution is 7.99. The zero-order valence-electron chi connectivity index (χ0n) is 13.1. The molecule has 0 saturated heterocycles. The molecule has 0 bridgehead atoms. The van der Waals surface area contributed by atoms with Crippen LogP contribution in [0.3, 0.4) is 0 Å². The second-order valence-corrected chi connectivity index (χ2v) is 7.82. The number of hydrogen-bond donors (Lipinski definition) is 0. The van der Waals surface area contributed by atoms with Gasteiger partial charge < -0.3 is 0 Å². The predicted octanol–water partition coefficient (Wildman–Crippen LogP) is 5.66. The van der Waals surface area contributed by atoms with Crippen LogP contribution in [0.15, 0.2) is 17.0 Å². The number of benzene rings is 1. The average Bonchev–Trinajstić information content (AvgIpc) is 2.93. The Hall–Kier alpha value is -0.430. The van der Waals surface area contributed by atoms with E-state index in [1.54, 1.807) is 21.6 Å². The molecule has 1 heteroatoms. The molecule has 0 aromatic heterocycles. The SMILES string of the molecule is CCSc1c(CC)ccc2c1CC(C1CCCCC1)C2. The van der Waals surface area contributed by atoms with E-state index in [1.807, 2.05) is 0 Å². The summed E-state index contributed by atoms with van der Waals surface area (Å²) in [5, 5.41) is 0. The lowest BCUT2D eigenvalue weighted by molar-refractivity contribution is 0.255. The van der Waals surface area contributed by atoms with Crippen LogP contribution in [0.5, 0.6) is 0 Å². The van der Waals surface area contributed by atoms with Crippen LogP contribution in [0.25, 0.3) is 0 Å². The van der Waals surface area contributed by atoms with Crippen molar-refractivity contribution >= 4 is 11.8 Å². The van der Waals surface area contributed by atoms with Crippen LogP contribution in [-0.2, 0) is 19.3 Å². The number of fused-ring (bicyclic) bond motifs is 1. The fraction of sp³-hybridized carbons (Fsp3) is 0.684. The standard InChI is InChI=1S/C19H28S/c1-3-14-10-11-16-12-17(15-8-6-5-7-9-15)13-18(16)19(14)20-4-2/h10-11,15,17H,3-9,12-13H2,1-2H3. The zero-order valence-corrected chi connectivity index (χ0v) is 13.9. The summed E-state index contributed by atoms with van der Waals surface area (Å²) < 4.78 is 0. The molecule has 0 N–H and O–H groups in total. The monoisotopic (exact) mass is 288 g/mol. The van der Waals surface area contributed by atoms with Crippen molar-refractivity contribution in [2.24, 2.45) is 11.8 Å². The lowest BCUT2D eigenvalue weighted by Gasteiger charge is -2.27. The summed E-state index contributed by atoms with van der Waals surface area (Å²) in [7, 11) is 0. The molecule has 0 aliphatic heterocycles. The maximum absolute atomic E-state index is 2.44. The van der Waals surface area contributed by atoms with Gasteiger partial charge >= 0.3 is 0 Å². The number of rotatable bonds is 4. The third kappa shape index (κ3) is 2.79. The molecular formula is C19H28S. The predicted molar refractivity (Wildman–Crippen MR) is 89.7 cm³/mol. The van der Waals surface area contributed by atoms with Gasteiger partial charge in [0.25, 0.3) is 0 Å². The summed E-state index contributed by atoms with van der Waals surface area (Å²) in [6.45, 7) is 4.59. The summed E-state index contributed by atoms with van der Waals surface area (Å²) in [5.74, 6) is 3.17. The van der Waals surface area contributed by atoms with Crippen LogP contribution in [0.4, 0.5) is 0 Å². The lowest BCUT2D eigenvalue weighted by Crippen LogP contribution is -2.18. The maximum atomic E-state index is 2.44. The van der Waals surface area contributed by atoms with Crippen LogP contribution in [0.1, 0.15) is 62.6 Å². The first-order valence-electron chi connectivity index (χ1n) is 8.59. The van der Waals surface area contributed by atoms with Crippen molar-refractivity contribution in [1.82, 2.24) is 0 Å². The van der Waals surface area contributed by atoms with E-state index in [2.05, 4.69) is 37.7 Å². The Bertz CT molecular complexity index is 457. The van der Waals surface area contributed by atoms with Gasteiger partial charge in [0.15, 0.2) is 0 Å². The summed E-state index contributed by atoms with van der Waals surface area (Å²) >= 11 is 2.08. The van der Waals surface area contributed by atoms with Crippen molar-refractivity contribution in [3.05, 3.63) is 28.8 Å². The Morgan fingerprint density at radius 1 is 1.00 bits per heavy atom. The van der Waals surface area contributed by atoms with Gasteiger partial charge in [0, 0.05) is 4.90 Å². The van der Waals surface area contributed by atoms with Gasteiger partial charge in [-0.25, -0.2) is 0 Å². The first-order chi connectivity index (χ1) is 9.83. The highest BCUT2D eigenvalue weighted by Crippen LogP contribution is 2.42. The third-order valence-corrected chi connectivity index (χ3v) is 6.46. The van der Waals surface area contributed by atoms with Gasteiger partial charge in [0.05, 0.1) is 0 Å². The minimum Gasteiger partial charge on any atom is -0.126 e. The van der Waals surface area contributed by atoms with Crippen LogP contribution in [0.2, 0.25) is 0 Å². The van der Waals surface area contributed by atoms with E-state index in [0.29, 0.717) is 0 Å². The van der Waals surface area contributed by atoms with Crippen LogP contribution in [0, 0.1) is 11.8 Å². The molecule has 0 spiro atoms. The first kappa shape index (κ1) is 14.5. The van der Waals surface area contributed by atoms with Gasteiger partial charge in [0.2, 0.25) is 0 Å². The Morgan fingerprint density at radius 3 is 2.50 bits per heavy atom. The molecule has 1 saturated carbocycles. The molecule has 3 rings (SSSR count). The topological polar surface area (TPSA) is 0 Å². The number of aryl methyl sites for hydroxylation is 1. The Morgan fingerprint density at radius 2 is 1.80 bits per heavy atom. The van der Waals surface area contributed by atoms with E-state index in [1.165, 1.54) is 57.1 Å². The van der Waals surface area contributed by atoms with Gasteiger partial charge in [-0.05, 0) is 53.5 Å². The molecule has 2 aliphatic carbocycles. The second kappa shape index (κ2) is 6.56. The molecule has 20 heavy (non-hydrogen) atoms. The molecule has 1 aromatic carbocycles. The van der Waals surface area contributed by atoms with Crippen LogP contribution < -0.4 is 0 Å². The van der Waals surface area contributed by atoms with Gasteiger partial charge in [-0.2, -0.15) is 0 Å². The van der Waals surface area contributed by atoms with E-state index in [9.17, 15) is 0 Å². The molecular weight excluding hydrogens is 260 g/mol. The van der Waals surface area contributed by atoms with Gasteiger partial charge in [-0.1, -0.05) is 58.1 Å². The largest absolute Gasteiger partial charge is 0.126 e. The summed E-state index contributed by atoms with van der Waals surface area (Å²) in [6, 6.07) is 4.84. The Balaban J connectivity index is 1.82. The number of thioether (sulfide) groups is 1. The van der Waals surface area contributed by atoms with Crippen molar-refractivity contribution in [3.8, 4) is 0 Å². The van der Waals surface area contributed by atoms with Crippen molar-refractivity contribution in [2.45, 2.75) is 70.1 Å². The fourth-order valence-electron chi connectivity index (χ4n) is 4.29. The van der Waals surface area contributed by atoms with E-state index in [0.717, 1.165) is 11.8 Å². The Labute approximate surface area is 128 Å². The van der Waals surface area contributed by atoms with E-state index >= 15 is 0 Å². The zero-order chi connectivity index (χ0) is 13.9. The molecule has 1 atom stereocenters. The Kier molecular flexibility index (Phi) is 4.75. The quantitative estimate of drug-likeness (QED) is 0.645. The van der Waals surface area contributed by atoms with Crippen molar-refractivity contribution in [2.75, 3.05) is 5.75 Å². The molecule has 110 valence electrons. The molecule has 1 fully saturated rings. The first-order valence-corrected chi connectivity index (χ1v) is 9.58. The van der Waals surface area contributed by atoms with Crippen LogP contribution in [-0.4, -0.2) is 5.75 Å². The molecule has 1 unspecified atom stereocenters. The molecule has 2 aliphatic rings. The molecule has 0 radical (unpaired) electrons. The summed E-state index contributed by atoms with van der Waals surface area (Å²) in [4.78, 5) is 1.64.